The summed E-state index contributed by atoms with van der Waals surface area (Å²) in [7, 11) is 2.17. The standard InChI is InChI=1S/C11H19N/c1-10(2)8-6-7-9-11(3,4)12(10)5/h6-9H,1-5H3. The van der Waals surface area contributed by atoms with E-state index in [0.717, 1.165) is 0 Å². The van der Waals surface area contributed by atoms with Gasteiger partial charge in [-0.05, 0) is 34.7 Å². The van der Waals surface area contributed by atoms with Crippen LogP contribution in [-0.2, 0) is 0 Å². The summed E-state index contributed by atoms with van der Waals surface area (Å²) in [4.78, 5) is 2.38. The number of nitrogens with zero attached hydrogens (tertiary/aromatic N) is 1. The first-order valence-corrected chi connectivity index (χ1v) is 4.47. The third kappa shape index (κ3) is 1.61. The van der Waals surface area contributed by atoms with E-state index in [1.165, 1.54) is 0 Å². The van der Waals surface area contributed by atoms with E-state index in [0.29, 0.717) is 0 Å². The van der Waals surface area contributed by atoms with Crippen molar-refractivity contribution in [2.24, 2.45) is 0 Å². The molecule has 0 spiro atoms. The Morgan fingerprint density at radius 3 is 1.50 bits per heavy atom. The van der Waals surface area contributed by atoms with Crippen molar-refractivity contribution in [1.29, 1.82) is 0 Å². The highest BCUT2D eigenvalue weighted by Gasteiger charge is 2.31. The molecule has 0 fully saturated rings. The van der Waals surface area contributed by atoms with Gasteiger partial charge in [-0.2, -0.15) is 0 Å². The molecular weight excluding hydrogens is 146 g/mol. The molecule has 0 aromatic heterocycles. The van der Waals surface area contributed by atoms with Gasteiger partial charge >= 0.3 is 0 Å². The minimum atomic E-state index is 0.146. The molecule has 0 amide bonds. The van der Waals surface area contributed by atoms with E-state index in [1.54, 1.807) is 0 Å². The molecule has 0 saturated heterocycles. The fourth-order valence-corrected chi connectivity index (χ4v) is 1.55. The van der Waals surface area contributed by atoms with E-state index >= 15 is 0 Å². The smallest absolute Gasteiger partial charge is 0.0343 e. The largest absolute Gasteiger partial charge is 0.289 e. The maximum atomic E-state index is 2.38. The van der Waals surface area contributed by atoms with Gasteiger partial charge in [-0.15, -0.1) is 0 Å². The molecule has 1 rings (SSSR count). The third-order valence-corrected chi connectivity index (χ3v) is 2.85. The van der Waals surface area contributed by atoms with Crippen molar-refractivity contribution in [1.82, 2.24) is 4.90 Å². The van der Waals surface area contributed by atoms with Crippen LogP contribution in [0.25, 0.3) is 0 Å². The number of likely N-dealkylation sites (N-methyl/N-ethyl adjacent to an activating group) is 1. The van der Waals surface area contributed by atoms with Crippen LogP contribution < -0.4 is 0 Å². The maximum absolute atomic E-state index is 2.38. The van der Waals surface area contributed by atoms with Gasteiger partial charge in [0.2, 0.25) is 0 Å². The lowest BCUT2D eigenvalue weighted by Gasteiger charge is -2.42. The van der Waals surface area contributed by atoms with Crippen molar-refractivity contribution in [2.45, 2.75) is 38.8 Å². The van der Waals surface area contributed by atoms with Gasteiger partial charge in [-0.25, -0.2) is 0 Å². The van der Waals surface area contributed by atoms with Crippen LogP contribution >= 0.6 is 0 Å². The van der Waals surface area contributed by atoms with Crippen LogP contribution in [0.5, 0.6) is 0 Å². The van der Waals surface area contributed by atoms with E-state index in [1.807, 2.05) is 0 Å². The van der Waals surface area contributed by atoms with Gasteiger partial charge in [-0.1, -0.05) is 24.3 Å². The zero-order valence-corrected chi connectivity index (χ0v) is 8.76. The van der Waals surface area contributed by atoms with Crippen molar-refractivity contribution >= 4 is 0 Å². The number of hydrogen-bond acceptors (Lipinski definition) is 1. The average Bonchev–Trinajstić information content (AvgIpc) is 2.02. The second-order valence-corrected chi connectivity index (χ2v) is 4.58. The van der Waals surface area contributed by atoms with Gasteiger partial charge in [0.1, 0.15) is 0 Å². The molecule has 0 saturated carbocycles. The summed E-state index contributed by atoms with van der Waals surface area (Å²) < 4.78 is 0. The summed E-state index contributed by atoms with van der Waals surface area (Å²) in [5.74, 6) is 0. The van der Waals surface area contributed by atoms with Crippen LogP contribution in [0, 0.1) is 0 Å². The minimum Gasteiger partial charge on any atom is -0.289 e. The molecule has 0 aromatic carbocycles. The highest BCUT2D eigenvalue weighted by atomic mass is 15.2. The molecule has 1 aliphatic rings. The molecular formula is C11H19N. The van der Waals surface area contributed by atoms with Crippen molar-refractivity contribution in [2.75, 3.05) is 7.05 Å². The lowest BCUT2D eigenvalue weighted by molar-refractivity contribution is 0.112. The number of hydrogen-bond donors (Lipinski definition) is 0. The SMILES string of the molecule is CN1C(C)(C)C=CC=CC1(C)C. The molecule has 0 radical (unpaired) electrons. The van der Waals surface area contributed by atoms with Crippen LogP contribution in [0.4, 0.5) is 0 Å². The molecule has 68 valence electrons. The Morgan fingerprint density at radius 2 is 1.17 bits per heavy atom. The van der Waals surface area contributed by atoms with Crippen LogP contribution in [0.3, 0.4) is 0 Å². The van der Waals surface area contributed by atoms with Crippen LogP contribution in [0.15, 0.2) is 24.3 Å². The normalized spacial score (nSPS) is 27.1. The van der Waals surface area contributed by atoms with Crippen molar-refractivity contribution in [3.05, 3.63) is 24.3 Å². The zero-order valence-electron chi connectivity index (χ0n) is 8.76. The molecule has 0 N–H and O–H groups in total. The Labute approximate surface area is 75.8 Å². The highest BCUT2D eigenvalue weighted by molar-refractivity contribution is 5.20. The predicted octanol–water partition coefficient (Wildman–Crippen LogP) is 2.60. The van der Waals surface area contributed by atoms with Crippen molar-refractivity contribution in [3.8, 4) is 0 Å². The molecule has 0 bridgehead atoms. The second-order valence-electron chi connectivity index (χ2n) is 4.58. The summed E-state index contributed by atoms with van der Waals surface area (Å²) in [5.41, 5.74) is 0.292. The Balaban J connectivity index is 3.01. The maximum Gasteiger partial charge on any atom is 0.0343 e. The van der Waals surface area contributed by atoms with E-state index in [9.17, 15) is 0 Å². The highest BCUT2D eigenvalue weighted by Crippen LogP contribution is 2.27. The topological polar surface area (TPSA) is 3.24 Å². The first-order chi connectivity index (χ1) is 5.36. The van der Waals surface area contributed by atoms with E-state index in [4.69, 9.17) is 0 Å². The summed E-state index contributed by atoms with van der Waals surface area (Å²) in [5, 5.41) is 0. The minimum absolute atomic E-state index is 0.146. The van der Waals surface area contributed by atoms with Gasteiger partial charge < -0.3 is 0 Å². The molecule has 1 heterocycles. The molecule has 1 aliphatic heterocycles. The Bertz CT molecular complexity index is 197. The van der Waals surface area contributed by atoms with E-state index in [-0.39, 0.29) is 11.1 Å². The molecule has 1 nitrogen and oxygen atoms in total. The molecule has 12 heavy (non-hydrogen) atoms. The van der Waals surface area contributed by atoms with E-state index in [2.05, 4.69) is 63.9 Å². The van der Waals surface area contributed by atoms with Crippen molar-refractivity contribution < 1.29 is 0 Å². The summed E-state index contributed by atoms with van der Waals surface area (Å²) >= 11 is 0. The van der Waals surface area contributed by atoms with Gasteiger partial charge in [0.05, 0.1) is 0 Å². The quantitative estimate of drug-likeness (QED) is 0.533. The predicted molar refractivity (Wildman–Crippen MR) is 54.2 cm³/mol. The van der Waals surface area contributed by atoms with Crippen molar-refractivity contribution in [3.63, 3.8) is 0 Å². The monoisotopic (exact) mass is 165 g/mol. The number of allylic oxidation sites excluding steroid dienone is 2. The number of rotatable bonds is 0. The molecule has 1 heteroatoms. The van der Waals surface area contributed by atoms with Gasteiger partial charge in [0, 0.05) is 11.1 Å². The van der Waals surface area contributed by atoms with Crippen LogP contribution in [0.2, 0.25) is 0 Å². The fraction of sp³-hybridized carbons (Fsp3) is 0.636. The Morgan fingerprint density at radius 1 is 0.833 bits per heavy atom. The lowest BCUT2D eigenvalue weighted by Crippen LogP contribution is -2.50. The van der Waals surface area contributed by atoms with Crippen LogP contribution in [0.1, 0.15) is 27.7 Å². The summed E-state index contributed by atoms with van der Waals surface area (Å²) in [6.07, 6.45) is 8.73. The van der Waals surface area contributed by atoms with Gasteiger partial charge in [0.15, 0.2) is 0 Å². The summed E-state index contributed by atoms with van der Waals surface area (Å²) in [6, 6.07) is 0. The second kappa shape index (κ2) is 2.74. The zero-order chi connectivity index (χ0) is 9.41. The van der Waals surface area contributed by atoms with Gasteiger partial charge in [0.25, 0.3) is 0 Å². The Kier molecular flexibility index (Phi) is 2.17. The molecule has 0 aliphatic carbocycles. The molecule has 0 atom stereocenters. The Hall–Kier alpha value is -0.560. The fourth-order valence-electron chi connectivity index (χ4n) is 1.55. The van der Waals surface area contributed by atoms with E-state index < -0.39 is 0 Å². The summed E-state index contributed by atoms with van der Waals surface area (Å²) in [6.45, 7) is 8.94. The third-order valence-electron chi connectivity index (χ3n) is 2.85. The lowest BCUT2D eigenvalue weighted by atomic mass is 9.95. The first-order valence-electron chi connectivity index (χ1n) is 4.47. The molecule has 0 aromatic rings. The first kappa shape index (κ1) is 9.53. The molecule has 0 unspecified atom stereocenters. The van der Waals surface area contributed by atoms with Gasteiger partial charge in [-0.3, -0.25) is 4.90 Å². The van der Waals surface area contributed by atoms with Crippen LogP contribution in [-0.4, -0.2) is 23.0 Å². The average molecular weight is 165 g/mol.